The van der Waals surface area contributed by atoms with Gasteiger partial charge in [0.2, 0.25) is 10.0 Å². The van der Waals surface area contributed by atoms with E-state index in [2.05, 4.69) is 4.72 Å². The zero-order chi connectivity index (χ0) is 15.2. The van der Waals surface area contributed by atoms with Crippen LogP contribution in [0.2, 0.25) is 0 Å². The summed E-state index contributed by atoms with van der Waals surface area (Å²) < 4.78 is 30.3. The van der Waals surface area contributed by atoms with E-state index in [4.69, 9.17) is 9.84 Å². The largest absolute Gasteiger partial charge is 0.481 e. The lowest BCUT2D eigenvalue weighted by atomic mass is 10.2. The van der Waals surface area contributed by atoms with Gasteiger partial charge >= 0.3 is 11.9 Å². The average Bonchev–Trinajstić information content (AvgIpc) is 2.37. The molecule has 1 aromatic rings. The van der Waals surface area contributed by atoms with Crippen molar-refractivity contribution in [3.8, 4) is 0 Å². The lowest BCUT2D eigenvalue weighted by molar-refractivity contribution is -0.136. The lowest BCUT2D eigenvalue weighted by Crippen LogP contribution is -2.19. The molecule has 1 rings (SSSR count). The van der Waals surface area contributed by atoms with Crippen molar-refractivity contribution >= 4 is 27.6 Å². The van der Waals surface area contributed by atoms with Gasteiger partial charge < -0.3 is 9.84 Å². The van der Waals surface area contributed by atoms with Crippen molar-refractivity contribution in [3.05, 3.63) is 29.8 Å². The topological polar surface area (TPSA) is 110 Å². The van der Waals surface area contributed by atoms with Crippen molar-refractivity contribution in [1.29, 1.82) is 0 Å². The number of carbonyl (C=O) groups is 2. The van der Waals surface area contributed by atoms with Crippen LogP contribution in [-0.4, -0.2) is 37.8 Å². The highest BCUT2D eigenvalue weighted by atomic mass is 32.2. The molecule has 0 spiro atoms. The van der Waals surface area contributed by atoms with Crippen molar-refractivity contribution in [3.63, 3.8) is 0 Å². The Kier molecular flexibility index (Phi) is 5.51. The van der Waals surface area contributed by atoms with Gasteiger partial charge in [-0.1, -0.05) is 6.07 Å². The maximum Gasteiger partial charge on any atom is 0.338 e. The molecule has 2 N–H and O–H groups in total. The van der Waals surface area contributed by atoms with Crippen molar-refractivity contribution in [2.24, 2.45) is 0 Å². The average molecular weight is 301 g/mol. The van der Waals surface area contributed by atoms with Crippen LogP contribution in [0.5, 0.6) is 0 Å². The number of aliphatic carboxylic acids is 1. The first-order valence-corrected chi connectivity index (χ1v) is 7.49. The maximum atomic E-state index is 11.6. The predicted octanol–water partition coefficient (Wildman–Crippen LogP) is 1.08. The summed E-state index contributed by atoms with van der Waals surface area (Å²) >= 11 is 0. The van der Waals surface area contributed by atoms with Crippen molar-refractivity contribution in [2.45, 2.75) is 13.3 Å². The molecule has 0 saturated heterocycles. The Balaban J connectivity index is 2.80. The Morgan fingerprint density at radius 2 is 2.05 bits per heavy atom. The van der Waals surface area contributed by atoms with E-state index in [1.54, 1.807) is 6.92 Å². The summed E-state index contributed by atoms with van der Waals surface area (Å²) in [5, 5.41) is 8.47. The second kappa shape index (κ2) is 6.90. The fourth-order valence-electron chi connectivity index (χ4n) is 1.38. The zero-order valence-electron chi connectivity index (χ0n) is 10.8. The number of ether oxygens (including phenoxy) is 1. The third kappa shape index (κ3) is 5.27. The number of hydrogen-bond donors (Lipinski definition) is 2. The highest BCUT2D eigenvalue weighted by Gasteiger charge is 2.14. The van der Waals surface area contributed by atoms with Gasteiger partial charge in [-0.2, -0.15) is 0 Å². The summed E-state index contributed by atoms with van der Waals surface area (Å²) in [4.78, 5) is 21.9. The van der Waals surface area contributed by atoms with Gasteiger partial charge in [0.25, 0.3) is 0 Å². The number of rotatable bonds is 7. The second-order valence-electron chi connectivity index (χ2n) is 3.87. The molecule has 0 aliphatic heterocycles. The Morgan fingerprint density at radius 3 is 2.65 bits per heavy atom. The number of carboxylic acid groups (broad SMARTS) is 1. The van der Waals surface area contributed by atoms with E-state index in [-0.39, 0.29) is 17.9 Å². The number of carbonyl (C=O) groups excluding carboxylic acids is 1. The van der Waals surface area contributed by atoms with Crippen LogP contribution in [0.4, 0.5) is 5.69 Å². The molecule has 0 saturated carbocycles. The lowest BCUT2D eigenvalue weighted by Gasteiger charge is -2.08. The molecule has 110 valence electrons. The fourth-order valence-corrected chi connectivity index (χ4v) is 2.41. The molecule has 20 heavy (non-hydrogen) atoms. The number of benzene rings is 1. The molecule has 0 bridgehead atoms. The van der Waals surface area contributed by atoms with Gasteiger partial charge in [0.05, 0.1) is 24.3 Å². The third-order valence-corrected chi connectivity index (χ3v) is 3.52. The molecule has 0 fully saturated rings. The highest BCUT2D eigenvalue weighted by molar-refractivity contribution is 7.92. The number of nitrogens with one attached hydrogen (secondary N) is 1. The summed E-state index contributed by atoms with van der Waals surface area (Å²) in [5.41, 5.74) is 0.395. The van der Waals surface area contributed by atoms with E-state index in [0.717, 1.165) is 0 Å². The molecule has 0 aliphatic carbocycles. The Morgan fingerprint density at radius 1 is 1.35 bits per heavy atom. The first kappa shape index (κ1) is 16.0. The molecule has 1 aromatic carbocycles. The molecule has 0 aromatic heterocycles. The summed E-state index contributed by atoms with van der Waals surface area (Å²) in [6.45, 7) is 1.88. The van der Waals surface area contributed by atoms with Gasteiger partial charge in [-0.3, -0.25) is 9.52 Å². The summed E-state index contributed by atoms with van der Waals surface area (Å²) in [6, 6.07) is 5.78. The standard InChI is InChI=1S/C12H15NO6S/c1-2-19-12(16)9-4-3-5-10(8-9)13-20(17,18)7-6-11(14)15/h3-5,8,13H,2,6-7H2,1H3,(H,14,15). The van der Waals surface area contributed by atoms with E-state index in [9.17, 15) is 18.0 Å². The Bertz CT molecular complexity index is 596. The van der Waals surface area contributed by atoms with E-state index in [1.807, 2.05) is 0 Å². The highest BCUT2D eigenvalue weighted by Crippen LogP contribution is 2.13. The molecular formula is C12H15NO6S. The van der Waals surface area contributed by atoms with Crippen LogP contribution >= 0.6 is 0 Å². The monoisotopic (exact) mass is 301 g/mol. The first-order valence-electron chi connectivity index (χ1n) is 5.83. The molecule has 0 radical (unpaired) electrons. The van der Waals surface area contributed by atoms with E-state index < -0.39 is 34.1 Å². The van der Waals surface area contributed by atoms with Crippen molar-refractivity contribution in [2.75, 3.05) is 17.1 Å². The fraction of sp³-hybridized carbons (Fsp3) is 0.333. The van der Waals surface area contributed by atoms with Crippen LogP contribution in [0.25, 0.3) is 0 Å². The number of hydrogen-bond acceptors (Lipinski definition) is 5. The van der Waals surface area contributed by atoms with Crippen LogP contribution in [0, 0.1) is 0 Å². The normalized spacial score (nSPS) is 10.8. The smallest absolute Gasteiger partial charge is 0.338 e. The van der Waals surface area contributed by atoms with Gasteiger partial charge in [-0.25, -0.2) is 13.2 Å². The molecule has 0 unspecified atom stereocenters. The van der Waals surface area contributed by atoms with Gasteiger partial charge in [0, 0.05) is 5.69 Å². The number of esters is 1. The summed E-state index contributed by atoms with van der Waals surface area (Å²) in [5.74, 6) is -2.29. The van der Waals surface area contributed by atoms with Gasteiger partial charge in [-0.05, 0) is 25.1 Å². The number of sulfonamides is 1. The van der Waals surface area contributed by atoms with E-state index in [0.29, 0.717) is 0 Å². The summed E-state index contributed by atoms with van der Waals surface area (Å²) in [6.07, 6.45) is -0.493. The molecule has 8 heteroatoms. The van der Waals surface area contributed by atoms with Crippen LogP contribution in [0.1, 0.15) is 23.7 Å². The minimum atomic E-state index is -3.77. The quantitative estimate of drug-likeness (QED) is 0.729. The zero-order valence-corrected chi connectivity index (χ0v) is 11.6. The van der Waals surface area contributed by atoms with Crippen molar-refractivity contribution in [1.82, 2.24) is 0 Å². The Hall–Kier alpha value is -2.09. The molecule has 0 heterocycles. The van der Waals surface area contributed by atoms with Gasteiger partial charge in [0.1, 0.15) is 0 Å². The van der Waals surface area contributed by atoms with Crippen LogP contribution < -0.4 is 4.72 Å². The second-order valence-corrected chi connectivity index (χ2v) is 5.71. The number of anilines is 1. The van der Waals surface area contributed by atoms with Gasteiger partial charge in [-0.15, -0.1) is 0 Å². The molecule has 7 nitrogen and oxygen atoms in total. The number of carboxylic acids is 1. The van der Waals surface area contributed by atoms with Crippen LogP contribution in [-0.2, 0) is 19.6 Å². The third-order valence-electron chi connectivity index (χ3n) is 2.23. The molecule has 0 aliphatic rings. The molecular weight excluding hydrogens is 286 g/mol. The minimum Gasteiger partial charge on any atom is -0.481 e. The van der Waals surface area contributed by atoms with E-state index in [1.165, 1.54) is 24.3 Å². The summed E-state index contributed by atoms with van der Waals surface area (Å²) in [7, 11) is -3.77. The SMILES string of the molecule is CCOC(=O)c1cccc(NS(=O)(=O)CCC(=O)O)c1. The molecule has 0 atom stereocenters. The first-order chi connectivity index (χ1) is 9.34. The Labute approximate surface area is 116 Å². The minimum absolute atomic E-state index is 0.181. The van der Waals surface area contributed by atoms with E-state index >= 15 is 0 Å². The predicted molar refractivity (Wildman–Crippen MR) is 72.1 cm³/mol. The van der Waals surface area contributed by atoms with Gasteiger partial charge in [0.15, 0.2) is 0 Å². The maximum absolute atomic E-state index is 11.6. The molecule has 0 amide bonds. The van der Waals surface area contributed by atoms with Crippen LogP contribution in [0.3, 0.4) is 0 Å². The van der Waals surface area contributed by atoms with Crippen LogP contribution in [0.15, 0.2) is 24.3 Å². The van der Waals surface area contributed by atoms with Crippen molar-refractivity contribution < 1.29 is 27.9 Å².